The largest absolute Gasteiger partial charge is 0.394 e. The maximum absolute atomic E-state index is 12.4. The molecule has 0 spiro atoms. The van der Waals surface area contributed by atoms with Crippen molar-refractivity contribution < 1.29 is 15.0 Å². The fourth-order valence-electron chi connectivity index (χ4n) is 8.62. The van der Waals surface area contributed by atoms with E-state index in [0.29, 0.717) is 6.42 Å². The second-order valence-electron chi connectivity index (χ2n) is 19.3. The van der Waals surface area contributed by atoms with Gasteiger partial charge in [-0.3, -0.25) is 4.79 Å². The average Bonchev–Trinajstić information content (AvgIpc) is 3.31. The normalized spacial score (nSPS) is 13.4. The zero-order chi connectivity index (χ0) is 47.0. The van der Waals surface area contributed by atoms with E-state index in [1.165, 1.54) is 212 Å². The van der Waals surface area contributed by atoms with Crippen molar-refractivity contribution in [2.75, 3.05) is 6.61 Å². The summed E-state index contributed by atoms with van der Waals surface area (Å²) in [5, 5.41) is 23.1. The van der Waals surface area contributed by atoms with Gasteiger partial charge in [-0.15, -0.1) is 0 Å². The van der Waals surface area contributed by atoms with Gasteiger partial charge in [0.2, 0.25) is 5.91 Å². The lowest BCUT2D eigenvalue weighted by Crippen LogP contribution is -2.45. The maximum atomic E-state index is 12.4. The molecule has 3 N–H and O–H groups in total. The number of nitrogens with one attached hydrogen (secondary N) is 1. The van der Waals surface area contributed by atoms with Crippen LogP contribution >= 0.6 is 0 Å². The molecule has 4 heteroatoms. The summed E-state index contributed by atoms with van der Waals surface area (Å²) in [6, 6.07) is -0.621. The Morgan fingerprint density at radius 3 is 1.02 bits per heavy atom. The van der Waals surface area contributed by atoms with Gasteiger partial charge in [-0.2, -0.15) is 0 Å². The van der Waals surface area contributed by atoms with Crippen molar-refractivity contribution in [2.45, 2.75) is 302 Å². The Bertz CT molecular complexity index is 1120. The Morgan fingerprint density at radius 1 is 0.385 bits per heavy atom. The van der Waals surface area contributed by atoms with Gasteiger partial charge in [0.05, 0.1) is 18.8 Å². The van der Waals surface area contributed by atoms with E-state index in [1.54, 1.807) is 6.08 Å². The first-order valence-electron chi connectivity index (χ1n) is 28.7. The first-order chi connectivity index (χ1) is 32.2. The standard InChI is InChI=1S/C61H111NO3/c1-3-5-7-9-11-13-15-17-19-20-21-22-23-24-25-26-27-28-29-30-31-32-33-34-35-36-37-38-39-40-41-42-43-45-47-49-51-53-55-57-61(65)62-59(58-63)60(64)56-54-52-50-48-46-44-18-16-14-12-10-8-6-4-2/h5,7,11,13,17,19,21-22,24-25,54,56,59-60,63-64H,3-4,6,8-10,12,14-16,18,20,23,26-53,55,57-58H2,1-2H3,(H,62,65)/b7-5-,13-11-,19-17-,22-21-,25-24-,56-54+. The van der Waals surface area contributed by atoms with Crippen LogP contribution in [0.5, 0.6) is 0 Å². The van der Waals surface area contributed by atoms with Gasteiger partial charge in [0.25, 0.3) is 0 Å². The number of amides is 1. The van der Waals surface area contributed by atoms with E-state index in [1.807, 2.05) is 6.08 Å². The molecule has 4 nitrogen and oxygen atoms in total. The summed E-state index contributed by atoms with van der Waals surface area (Å²) in [5.74, 6) is -0.0612. The van der Waals surface area contributed by atoms with E-state index >= 15 is 0 Å². The van der Waals surface area contributed by atoms with Crippen molar-refractivity contribution in [1.29, 1.82) is 0 Å². The molecule has 2 unspecified atom stereocenters. The van der Waals surface area contributed by atoms with Crippen LogP contribution in [0.4, 0.5) is 0 Å². The first-order valence-corrected chi connectivity index (χ1v) is 28.7. The summed E-state index contributed by atoms with van der Waals surface area (Å²) in [7, 11) is 0. The Kier molecular flexibility index (Phi) is 54.3. The van der Waals surface area contributed by atoms with Crippen LogP contribution in [0.3, 0.4) is 0 Å². The number of aliphatic hydroxyl groups is 2. The number of unbranched alkanes of at least 4 members (excludes halogenated alkanes) is 35. The highest BCUT2D eigenvalue weighted by molar-refractivity contribution is 5.76. The van der Waals surface area contributed by atoms with E-state index in [9.17, 15) is 15.0 Å². The SMILES string of the molecule is CC/C=C\C/C=C\C/C=C\C/C=C\C/C=C\CCCCCCCCCCCCCCCCCCCCCCCCCC(=O)NC(CO)C(O)/C=C/CCCCCCCCCCCCCC. The summed E-state index contributed by atoms with van der Waals surface area (Å²) >= 11 is 0. The van der Waals surface area contributed by atoms with E-state index in [-0.39, 0.29) is 12.5 Å². The van der Waals surface area contributed by atoms with Gasteiger partial charge >= 0.3 is 0 Å². The molecule has 0 bridgehead atoms. The Balaban J connectivity index is 3.42. The van der Waals surface area contributed by atoms with E-state index in [0.717, 1.165) is 57.8 Å². The van der Waals surface area contributed by atoms with Gasteiger partial charge < -0.3 is 15.5 Å². The van der Waals surface area contributed by atoms with Crippen LogP contribution in [0.2, 0.25) is 0 Å². The average molecular weight is 907 g/mol. The predicted molar refractivity (Wildman–Crippen MR) is 290 cm³/mol. The quantitative estimate of drug-likeness (QED) is 0.0421. The molecule has 0 aliphatic heterocycles. The third-order valence-corrected chi connectivity index (χ3v) is 12.9. The maximum Gasteiger partial charge on any atom is 0.220 e. The predicted octanol–water partition coefficient (Wildman–Crippen LogP) is 19.0. The van der Waals surface area contributed by atoms with Crippen LogP contribution in [-0.2, 0) is 4.79 Å². The lowest BCUT2D eigenvalue weighted by atomic mass is 10.0. The first kappa shape index (κ1) is 62.8. The molecule has 0 radical (unpaired) electrons. The second kappa shape index (κ2) is 56.2. The van der Waals surface area contributed by atoms with Gasteiger partial charge in [0, 0.05) is 6.42 Å². The Hall–Kier alpha value is -2.17. The molecule has 0 fully saturated rings. The molecule has 0 aromatic heterocycles. The summed E-state index contributed by atoms with van der Waals surface area (Å²) in [6.45, 7) is 4.20. The highest BCUT2D eigenvalue weighted by atomic mass is 16.3. The number of hydrogen-bond donors (Lipinski definition) is 3. The molecule has 0 aromatic rings. The number of rotatable bonds is 52. The monoisotopic (exact) mass is 906 g/mol. The van der Waals surface area contributed by atoms with E-state index in [2.05, 4.69) is 79.9 Å². The Labute approximate surface area is 406 Å². The molecular formula is C61H111NO3. The van der Waals surface area contributed by atoms with Gasteiger partial charge in [-0.1, -0.05) is 292 Å². The minimum Gasteiger partial charge on any atom is -0.394 e. The molecular weight excluding hydrogens is 795 g/mol. The number of hydrogen-bond acceptors (Lipinski definition) is 3. The second-order valence-corrected chi connectivity index (χ2v) is 19.3. The highest BCUT2D eigenvalue weighted by Gasteiger charge is 2.18. The van der Waals surface area contributed by atoms with Gasteiger partial charge in [-0.25, -0.2) is 0 Å². The van der Waals surface area contributed by atoms with Crippen molar-refractivity contribution in [3.63, 3.8) is 0 Å². The zero-order valence-electron chi connectivity index (χ0n) is 43.5. The number of aliphatic hydroxyl groups excluding tert-OH is 2. The van der Waals surface area contributed by atoms with Crippen LogP contribution < -0.4 is 5.32 Å². The van der Waals surface area contributed by atoms with Crippen LogP contribution in [-0.4, -0.2) is 34.9 Å². The van der Waals surface area contributed by atoms with E-state index < -0.39 is 12.1 Å². The van der Waals surface area contributed by atoms with Crippen molar-refractivity contribution in [1.82, 2.24) is 5.32 Å². The molecule has 2 atom stereocenters. The molecule has 0 aliphatic rings. The third kappa shape index (κ3) is 52.7. The summed E-state index contributed by atoms with van der Waals surface area (Å²) in [4.78, 5) is 12.4. The van der Waals surface area contributed by atoms with Crippen molar-refractivity contribution in [2.24, 2.45) is 0 Å². The fourth-order valence-corrected chi connectivity index (χ4v) is 8.62. The molecule has 0 rings (SSSR count). The number of carbonyl (C=O) groups excluding carboxylic acids is 1. The smallest absolute Gasteiger partial charge is 0.220 e. The fraction of sp³-hybridized carbons (Fsp3) is 0.787. The number of carbonyl (C=O) groups is 1. The molecule has 0 saturated carbocycles. The summed E-state index contributed by atoms with van der Waals surface area (Å²) in [6.07, 6.45) is 80.8. The lowest BCUT2D eigenvalue weighted by molar-refractivity contribution is -0.123. The van der Waals surface area contributed by atoms with Crippen molar-refractivity contribution in [3.05, 3.63) is 72.9 Å². The van der Waals surface area contributed by atoms with Gasteiger partial charge in [0.1, 0.15) is 0 Å². The molecule has 65 heavy (non-hydrogen) atoms. The van der Waals surface area contributed by atoms with E-state index in [4.69, 9.17) is 0 Å². The molecule has 0 saturated heterocycles. The van der Waals surface area contributed by atoms with Crippen LogP contribution in [0, 0.1) is 0 Å². The topological polar surface area (TPSA) is 69.6 Å². The number of allylic oxidation sites excluding steroid dienone is 11. The minimum atomic E-state index is -0.838. The lowest BCUT2D eigenvalue weighted by Gasteiger charge is -2.20. The molecule has 0 heterocycles. The Morgan fingerprint density at radius 2 is 0.677 bits per heavy atom. The van der Waals surface area contributed by atoms with Crippen LogP contribution in [0.25, 0.3) is 0 Å². The van der Waals surface area contributed by atoms with Crippen molar-refractivity contribution in [3.8, 4) is 0 Å². The van der Waals surface area contributed by atoms with Crippen LogP contribution in [0.15, 0.2) is 72.9 Å². The summed E-state index contributed by atoms with van der Waals surface area (Å²) < 4.78 is 0. The van der Waals surface area contributed by atoms with Crippen LogP contribution in [0.1, 0.15) is 290 Å². The van der Waals surface area contributed by atoms with Crippen molar-refractivity contribution >= 4 is 5.91 Å². The molecule has 0 aromatic carbocycles. The van der Waals surface area contributed by atoms with Gasteiger partial charge in [0.15, 0.2) is 0 Å². The summed E-state index contributed by atoms with van der Waals surface area (Å²) in [5.41, 5.74) is 0. The molecule has 1 amide bonds. The zero-order valence-corrected chi connectivity index (χ0v) is 43.5. The highest BCUT2D eigenvalue weighted by Crippen LogP contribution is 2.17. The molecule has 0 aliphatic carbocycles. The third-order valence-electron chi connectivity index (χ3n) is 12.9. The minimum absolute atomic E-state index is 0.0612. The van der Waals surface area contributed by atoms with Gasteiger partial charge in [-0.05, 0) is 64.2 Å². The molecule has 378 valence electrons.